The molecule has 0 fully saturated rings. The Balaban J connectivity index is 0. The number of hydrogen-bond acceptors (Lipinski definition) is 3. The fraction of sp³-hybridized carbons (Fsp3) is 0.625. The van der Waals surface area contributed by atoms with E-state index in [1.807, 2.05) is 26.0 Å². The van der Waals surface area contributed by atoms with Crippen LogP contribution in [0.5, 0.6) is 0 Å². The van der Waals surface area contributed by atoms with Crippen LogP contribution in [0.4, 0.5) is 4.39 Å². The number of hydrogen-bond donors (Lipinski definition) is 0. The molecule has 0 aliphatic heterocycles. The van der Waals surface area contributed by atoms with Crippen molar-refractivity contribution in [1.29, 1.82) is 0 Å². The van der Waals surface area contributed by atoms with Gasteiger partial charge in [-0.05, 0) is 21.1 Å². The zero-order valence-electron chi connectivity index (χ0n) is 8.00. The Labute approximate surface area is 72.8 Å². The Morgan fingerprint density at radius 3 is 2.00 bits per heavy atom. The second-order valence-corrected chi connectivity index (χ2v) is 2.53. The number of nitrogens with zero attached hydrogens (tertiary/aromatic N) is 1. The third kappa shape index (κ3) is 23.0. The van der Waals surface area contributed by atoms with Gasteiger partial charge in [-0.15, -0.1) is 0 Å². The molecule has 0 spiro atoms. The van der Waals surface area contributed by atoms with E-state index in [4.69, 9.17) is 0 Å². The molecule has 0 aliphatic carbocycles. The van der Waals surface area contributed by atoms with Gasteiger partial charge < -0.3 is 9.64 Å². The summed E-state index contributed by atoms with van der Waals surface area (Å²) in [7, 11) is 6.00. The van der Waals surface area contributed by atoms with Gasteiger partial charge in [0.2, 0.25) is 6.36 Å². The number of esters is 1. The lowest BCUT2D eigenvalue weighted by Gasteiger charge is -1.98. The highest BCUT2D eigenvalue weighted by Crippen LogP contribution is 1.90. The van der Waals surface area contributed by atoms with E-state index in [9.17, 15) is 9.18 Å². The number of carbonyl (C=O) groups excluding carboxylic acids is 1. The molecule has 1 unspecified atom stereocenters. The van der Waals surface area contributed by atoms with E-state index >= 15 is 0 Å². The summed E-state index contributed by atoms with van der Waals surface area (Å²) in [5.41, 5.74) is 0. The minimum absolute atomic E-state index is 0.736. The maximum Gasteiger partial charge on any atom is 0.332 e. The van der Waals surface area contributed by atoms with Crippen LogP contribution in [-0.2, 0) is 9.53 Å². The van der Waals surface area contributed by atoms with Gasteiger partial charge in [0.25, 0.3) is 0 Å². The zero-order chi connectivity index (χ0) is 10.1. The zero-order valence-corrected chi connectivity index (χ0v) is 8.00. The average Bonchev–Trinajstić information content (AvgIpc) is 1.84. The lowest BCUT2D eigenvalue weighted by Crippen LogP contribution is -2.06. The molecule has 1 atom stereocenters. The van der Waals surface area contributed by atoms with Gasteiger partial charge >= 0.3 is 5.97 Å². The first kappa shape index (κ1) is 13.7. The molecule has 0 saturated carbocycles. The van der Waals surface area contributed by atoms with Gasteiger partial charge in [0.05, 0.1) is 0 Å². The molecule has 0 radical (unpaired) electrons. The number of carbonyl (C=O) groups is 1. The topological polar surface area (TPSA) is 29.5 Å². The van der Waals surface area contributed by atoms with Crippen molar-refractivity contribution in [3.63, 3.8) is 0 Å². The van der Waals surface area contributed by atoms with Crippen molar-refractivity contribution < 1.29 is 13.9 Å². The molecule has 0 rings (SSSR count). The standard InChI is InChI=1S/C5H7FO2.C3H9N/c1-3-5(7)8-4(2)6;1-4(2)3/h3-4H,1H2,2H3;1-3H3. The van der Waals surface area contributed by atoms with Crippen LogP contribution in [0.15, 0.2) is 12.7 Å². The van der Waals surface area contributed by atoms with Gasteiger partial charge in [-0.2, -0.15) is 0 Å². The monoisotopic (exact) mass is 177 g/mol. The van der Waals surface area contributed by atoms with Crippen molar-refractivity contribution >= 4 is 5.97 Å². The van der Waals surface area contributed by atoms with E-state index in [-0.39, 0.29) is 0 Å². The van der Waals surface area contributed by atoms with E-state index in [1.165, 1.54) is 0 Å². The molecule has 0 aromatic carbocycles. The van der Waals surface area contributed by atoms with Gasteiger partial charge in [0.15, 0.2) is 0 Å². The molecule has 0 aliphatic rings. The Morgan fingerprint density at radius 1 is 1.58 bits per heavy atom. The summed E-state index contributed by atoms with van der Waals surface area (Å²) >= 11 is 0. The average molecular weight is 177 g/mol. The first-order valence-corrected chi connectivity index (χ1v) is 3.48. The largest absolute Gasteiger partial charge is 0.428 e. The molecule has 72 valence electrons. The van der Waals surface area contributed by atoms with Crippen molar-refractivity contribution in [2.24, 2.45) is 0 Å². The van der Waals surface area contributed by atoms with Crippen LogP contribution in [0, 0.1) is 0 Å². The SMILES string of the molecule is C=CC(=O)OC(C)F.CN(C)C. The first-order valence-electron chi connectivity index (χ1n) is 3.48. The molecule has 4 heteroatoms. The fourth-order valence-electron chi connectivity index (χ4n) is 0.208. The molecule has 0 bridgehead atoms. The highest BCUT2D eigenvalue weighted by molar-refractivity contribution is 5.81. The minimum atomic E-state index is -1.54. The van der Waals surface area contributed by atoms with Crippen LogP contribution >= 0.6 is 0 Å². The number of halogens is 1. The second-order valence-electron chi connectivity index (χ2n) is 2.53. The molecule has 0 N–H and O–H groups in total. The summed E-state index contributed by atoms with van der Waals surface area (Å²) in [5, 5.41) is 0. The smallest absolute Gasteiger partial charge is 0.332 e. The number of rotatable bonds is 2. The Hall–Kier alpha value is -0.900. The highest BCUT2D eigenvalue weighted by atomic mass is 19.1. The predicted octanol–water partition coefficient (Wildman–Crippen LogP) is 1.21. The molecule has 0 aromatic rings. The summed E-state index contributed by atoms with van der Waals surface area (Å²) in [5.74, 6) is -0.736. The van der Waals surface area contributed by atoms with Gasteiger partial charge in [0, 0.05) is 13.0 Å². The van der Waals surface area contributed by atoms with Gasteiger partial charge in [-0.1, -0.05) is 6.58 Å². The van der Waals surface area contributed by atoms with E-state index in [1.54, 1.807) is 0 Å². The number of alkyl halides is 1. The maximum atomic E-state index is 11.6. The number of ether oxygens (including phenoxy) is 1. The van der Waals surface area contributed by atoms with E-state index in [0.717, 1.165) is 13.0 Å². The summed E-state index contributed by atoms with van der Waals surface area (Å²) in [6.07, 6.45) is -0.628. The molecule has 12 heavy (non-hydrogen) atoms. The normalized spacial score (nSPS) is 11.2. The van der Waals surface area contributed by atoms with E-state index in [0.29, 0.717) is 0 Å². The molecule has 0 saturated heterocycles. The first-order chi connectivity index (χ1) is 5.40. The Bertz CT molecular complexity index is 132. The Morgan fingerprint density at radius 2 is 1.92 bits per heavy atom. The maximum absolute atomic E-state index is 11.6. The van der Waals surface area contributed by atoms with Crippen molar-refractivity contribution in [3.05, 3.63) is 12.7 Å². The summed E-state index contributed by atoms with van der Waals surface area (Å²) < 4.78 is 15.6. The minimum Gasteiger partial charge on any atom is -0.428 e. The summed E-state index contributed by atoms with van der Waals surface area (Å²) in [6.45, 7) is 4.20. The third-order valence-electron chi connectivity index (χ3n) is 0.445. The quantitative estimate of drug-likeness (QED) is 0.469. The van der Waals surface area contributed by atoms with Crippen LogP contribution < -0.4 is 0 Å². The van der Waals surface area contributed by atoms with Gasteiger partial charge in [-0.3, -0.25) is 0 Å². The highest BCUT2D eigenvalue weighted by Gasteiger charge is 2.00. The third-order valence-corrected chi connectivity index (χ3v) is 0.445. The fourth-order valence-corrected chi connectivity index (χ4v) is 0.208. The van der Waals surface area contributed by atoms with E-state index in [2.05, 4.69) is 11.3 Å². The van der Waals surface area contributed by atoms with Crippen LogP contribution in [0.25, 0.3) is 0 Å². The van der Waals surface area contributed by atoms with Crippen LogP contribution in [-0.4, -0.2) is 38.4 Å². The van der Waals surface area contributed by atoms with E-state index < -0.39 is 12.3 Å². The molecule has 0 aromatic heterocycles. The van der Waals surface area contributed by atoms with Gasteiger partial charge in [-0.25, -0.2) is 9.18 Å². The van der Waals surface area contributed by atoms with Crippen LogP contribution in [0.2, 0.25) is 0 Å². The Kier molecular flexibility index (Phi) is 9.34. The van der Waals surface area contributed by atoms with Crippen LogP contribution in [0.1, 0.15) is 6.92 Å². The van der Waals surface area contributed by atoms with Crippen molar-refractivity contribution in [1.82, 2.24) is 4.90 Å². The lowest BCUT2D eigenvalue weighted by atomic mass is 10.6. The molecule has 0 amide bonds. The predicted molar refractivity (Wildman–Crippen MR) is 46.5 cm³/mol. The molecule has 3 nitrogen and oxygen atoms in total. The van der Waals surface area contributed by atoms with Gasteiger partial charge in [0.1, 0.15) is 0 Å². The van der Waals surface area contributed by atoms with Crippen LogP contribution in [0.3, 0.4) is 0 Å². The van der Waals surface area contributed by atoms with Crippen molar-refractivity contribution in [2.45, 2.75) is 13.3 Å². The van der Waals surface area contributed by atoms with Crippen molar-refractivity contribution in [3.8, 4) is 0 Å². The molecular formula is C8H16FNO2. The molecular weight excluding hydrogens is 161 g/mol. The lowest BCUT2D eigenvalue weighted by molar-refractivity contribution is -0.149. The summed E-state index contributed by atoms with van der Waals surface area (Å²) in [6, 6.07) is 0. The van der Waals surface area contributed by atoms with Crippen molar-refractivity contribution in [2.75, 3.05) is 21.1 Å². The second kappa shape index (κ2) is 8.20. The summed E-state index contributed by atoms with van der Waals surface area (Å²) in [4.78, 5) is 12.0. The molecule has 0 heterocycles.